The summed E-state index contributed by atoms with van der Waals surface area (Å²) in [7, 11) is 0. The molecule has 0 amide bonds. The first-order valence-corrected chi connectivity index (χ1v) is 11.9. The Bertz CT molecular complexity index is 1350. The van der Waals surface area contributed by atoms with Crippen molar-refractivity contribution in [1.82, 2.24) is 10.3 Å². The second-order valence-electron chi connectivity index (χ2n) is 8.83. The van der Waals surface area contributed by atoms with Gasteiger partial charge in [0, 0.05) is 17.4 Å². The smallest absolute Gasteiger partial charge is 0.335 e. The highest BCUT2D eigenvalue weighted by Crippen LogP contribution is 2.43. The number of carboxylic acid groups (broad SMARTS) is 1. The molecule has 176 valence electrons. The molecule has 3 heterocycles. The van der Waals surface area contributed by atoms with Crippen LogP contribution in [0.5, 0.6) is 0 Å². The van der Waals surface area contributed by atoms with Gasteiger partial charge in [-0.3, -0.25) is 4.98 Å². The van der Waals surface area contributed by atoms with E-state index in [0.717, 1.165) is 22.7 Å². The van der Waals surface area contributed by atoms with Crippen LogP contribution in [0.4, 0.5) is 5.69 Å². The molecule has 6 nitrogen and oxygen atoms in total. The Kier molecular flexibility index (Phi) is 6.09. The minimum Gasteiger partial charge on any atom is -0.478 e. The molecule has 1 aliphatic rings. The van der Waals surface area contributed by atoms with E-state index in [1.807, 2.05) is 30.3 Å². The monoisotopic (exact) mass is 483 g/mol. The number of hydrogen-bond donors (Lipinski definition) is 2. The van der Waals surface area contributed by atoms with E-state index >= 15 is 0 Å². The highest BCUT2D eigenvalue weighted by Gasteiger charge is 2.42. The fourth-order valence-corrected chi connectivity index (χ4v) is 4.73. The van der Waals surface area contributed by atoms with Gasteiger partial charge in [0.2, 0.25) is 0 Å². The third-order valence-electron chi connectivity index (χ3n) is 6.27. The lowest BCUT2D eigenvalue weighted by molar-refractivity contribution is 0.0697. The molecular weight excluding hydrogens is 458 g/mol. The number of furan rings is 1. The van der Waals surface area contributed by atoms with Crippen LogP contribution in [0, 0.1) is 0 Å². The van der Waals surface area contributed by atoms with E-state index in [9.17, 15) is 9.90 Å². The Morgan fingerprint density at radius 2 is 1.77 bits per heavy atom. The van der Waals surface area contributed by atoms with Gasteiger partial charge in [0.15, 0.2) is 5.11 Å². The van der Waals surface area contributed by atoms with Gasteiger partial charge in [0.05, 0.1) is 17.3 Å². The molecule has 1 fully saturated rings. The zero-order chi connectivity index (χ0) is 24.5. The Morgan fingerprint density at radius 3 is 2.40 bits per heavy atom. The highest BCUT2D eigenvalue weighted by molar-refractivity contribution is 7.80. The third kappa shape index (κ3) is 4.42. The first-order chi connectivity index (χ1) is 16.9. The van der Waals surface area contributed by atoms with Gasteiger partial charge in [0.25, 0.3) is 0 Å². The molecule has 0 saturated carbocycles. The predicted octanol–water partition coefficient (Wildman–Crippen LogP) is 6.34. The number of thiocarbonyl (C=S) groups is 1. The van der Waals surface area contributed by atoms with E-state index in [-0.39, 0.29) is 17.6 Å². The minimum atomic E-state index is -0.959. The van der Waals surface area contributed by atoms with E-state index < -0.39 is 5.97 Å². The molecule has 2 aromatic carbocycles. The van der Waals surface area contributed by atoms with Crippen molar-refractivity contribution >= 4 is 29.0 Å². The number of anilines is 1. The molecule has 4 aromatic rings. The molecular formula is C28H25N3O3S. The van der Waals surface area contributed by atoms with Gasteiger partial charge < -0.3 is 19.7 Å². The van der Waals surface area contributed by atoms with Crippen molar-refractivity contribution < 1.29 is 14.3 Å². The third-order valence-corrected chi connectivity index (χ3v) is 6.59. The SMILES string of the molecule is CC(C)c1ccc(N2C(=S)N[C@H](c3ccccn3)[C@H]2c2ccc(-c3ccc(C(=O)O)cc3)o2)cc1. The molecule has 0 aliphatic carbocycles. The Balaban J connectivity index is 1.55. The maximum atomic E-state index is 11.2. The first kappa shape index (κ1) is 22.8. The van der Waals surface area contributed by atoms with Crippen molar-refractivity contribution in [2.24, 2.45) is 0 Å². The second-order valence-corrected chi connectivity index (χ2v) is 9.21. The Labute approximate surface area is 209 Å². The zero-order valence-corrected chi connectivity index (χ0v) is 20.2. The van der Waals surface area contributed by atoms with E-state index in [2.05, 4.69) is 53.3 Å². The van der Waals surface area contributed by atoms with Crippen LogP contribution in [0.15, 0.2) is 89.5 Å². The van der Waals surface area contributed by atoms with Crippen LogP contribution in [-0.4, -0.2) is 21.2 Å². The Morgan fingerprint density at radius 1 is 1.03 bits per heavy atom. The molecule has 5 rings (SSSR count). The highest BCUT2D eigenvalue weighted by atomic mass is 32.1. The number of nitrogens with zero attached hydrogens (tertiary/aromatic N) is 2. The number of pyridine rings is 1. The molecule has 35 heavy (non-hydrogen) atoms. The standard InChI is InChI=1S/C28H25N3O3S/c1-17(2)18-10-12-21(13-11-18)31-26(25(30-28(31)35)22-5-3-4-16-29-22)24-15-14-23(34-24)19-6-8-20(9-7-19)27(32)33/h3-17,25-26H,1-2H3,(H,30,35)(H,32,33)/t25-,26-/m1/s1. The largest absolute Gasteiger partial charge is 0.478 e. The summed E-state index contributed by atoms with van der Waals surface area (Å²) in [5.41, 5.74) is 4.13. The summed E-state index contributed by atoms with van der Waals surface area (Å²) in [5, 5.41) is 13.2. The van der Waals surface area contributed by atoms with Crippen LogP contribution in [0.3, 0.4) is 0 Å². The van der Waals surface area contributed by atoms with Crippen LogP contribution in [0.25, 0.3) is 11.3 Å². The van der Waals surface area contributed by atoms with E-state index in [1.54, 1.807) is 30.5 Å². The van der Waals surface area contributed by atoms with Gasteiger partial charge >= 0.3 is 5.97 Å². The summed E-state index contributed by atoms with van der Waals surface area (Å²) in [5.74, 6) is 0.868. The number of carboxylic acids is 1. The number of aromatic carboxylic acids is 1. The fraction of sp³-hybridized carbons (Fsp3) is 0.179. The molecule has 0 spiro atoms. The predicted molar refractivity (Wildman–Crippen MR) is 140 cm³/mol. The summed E-state index contributed by atoms with van der Waals surface area (Å²) in [6, 6.07) is 24.3. The van der Waals surface area contributed by atoms with Crippen molar-refractivity contribution in [1.29, 1.82) is 0 Å². The summed E-state index contributed by atoms with van der Waals surface area (Å²) >= 11 is 5.79. The van der Waals surface area contributed by atoms with E-state index in [0.29, 0.717) is 16.8 Å². The summed E-state index contributed by atoms with van der Waals surface area (Å²) in [6.45, 7) is 4.34. The van der Waals surface area contributed by atoms with Crippen molar-refractivity contribution in [2.45, 2.75) is 31.8 Å². The molecule has 2 atom stereocenters. The quantitative estimate of drug-likeness (QED) is 0.310. The zero-order valence-electron chi connectivity index (χ0n) is 19.4. The maximum absolute atomic E-state index is 11.2. The average Bonchev–Trinajstić information content (AvgIpc) is 3.49. The number of nitrogens with one attached hydrogen (secondary N) is 1. The number of hydrogen-bond acceptors (Lipinski definition) is 4. The van der Waals surface area contributed by atoms with Crippen molar-refractivity contribution in [2.75, 3.05) is 4.90 Å². The summed E-state index contributed by atoms with van der Waals surface area (Å²) < 4.78 is 6.35. The molecule has 2 N–H and O–H groups in total. The lowest BCUT2D eigenvalue weighted by Crippen LogP contribution is -2.29. The van der Waals surface area contributed by atoms with Crippen LogP contribution < -0.4 is 10.2 Å². The van der Waals surface area contributed by atoms with Crippen LogP contribution in [0.2, 0.25) is 0 Å². The molecule has 0 unspecified atom stereocenters. The number of carbonyl (C=O) groups is 1. The minimum absolute atomic E-state index is 0.207. The lowest BCUT2D eigenvalue weighted by atomic mass is 10.0. The van der Waals surface area contributed by atoms with Gasteiger partial charge in [-0.05, 0) is 72.2 Å². The Hall–Kier alpha value is -3.97. The van der Waals surface area contributed by atoms with Gasteiger partial charge in [0.1, 0.15) is 17.6 Å². The lowest BCUT2D eigenvalue weighted by Gasteiger charge is -2.26. The van der Waals surface area contributed by atoms with Gasteiger partial charge in [-0.2, -0.15) is 0 Å². The molecule has 0 radical (unpaired) electrons. The van der Waals surface area contributed by atoms with Crippen LogP contribution in [0.1, 0.15) is 59.2 Å². The number of benzene rings is 2. The molecule has 1 saturated heterocycles. The number of rotatable bonds is 6. The molecule has 2 aromatic heterocycles. The molecule has 1 aliphatic heterocycles. The van der Waals surface area contributed by atoms with Gasteiger partial charge in [-0.25, -0.2) is 4.79 Å². The normalized spacial score (nSPS) is 17.6. The topological polar surface area (TPSA) is 78.6 Å². The molecule has 7 heteroatoms. The number of aromatic nitrogens is 1. The van der Waals surface area contributed by atoms with Crippen LogP contribution >= 0.6 is 12.2 Å². The summed E-state index contributed by atoms with van der Waals surface area (Å²) in [4.78, 5) is 17.9. The maximum Gasteiger partial charge on any atom is 0.335 e. The first-order valence-electron chi connectivity index (χ1n) is 11.5. The van der Waals surface area contributed by atoms with E-state index in [4.69, 9.17) is 16.6 Å². The van der Waals surface area contributed by atoms with Crippen molar-refractivity contribution in [3.05, 3.63) is 108 Å². The van der Waals surface area contributed by atoms with Gasteiger partial charge in [-0.1, -0.05) is 44.2 Å². The van der Waals surface area contributed by atoms with Crippen molar-refractivity contribution in [3.63, 3.8) is 0 Å². The second kappa shape index (κ2) is 9.35. The average molecular weight is 484 g/mol. The van der Waals surface area contributed by atoms with E-state index in [1.165, 1.54) is 5.56 Å². The van der Waals surface area contributed by atoms with Crippen molar-refractivity contribution in [3.8, 4) is 11.3 Å². The van der Waals surface area contributed by atoms with Crippen LogP contribution in [-0.2, 0) is 0 Å². The summed E-state index contributed by atoms with van der Waals surface area (Å²) in [6.07, 6.45) is 1.77. The molecule has 0 bridgehead atoms. The fourth-order valence-electron chi connectivity index (χ4n) is 4.39. The van der Waals surface area contributed by atoms with Gasteiger partial charge in [-0.15, -0.1) is 0 Å².